The zero-order chi connectivity index (χ0) is 24.0. The third-order valence-electron chi connectivity index (χ3n) is 5.95. The molecule has 34 heavy (non-hydrogen) atoms. The van der Waals surface area contributed by atoms with E-state index in [2.05, 4.69) is 15.7 Å². The minimum atomic E-state index is -4.60. The van der Waals surface area contributed by atoms with Gasteiger partial charge >= 0.3 is 6.18 Å². The highest BCUT2D eigenvalue weighted by Gasteiger charge is 2.58. The van der Waals surface area contributed by atoms with E-state index in [-0.39, 0.29) is 23.8 Å². The third kappa shape index (κ3) is 3.57. The molecule has 2 aromatic carbocycles. The normalized spacial score (nSPS) is 22.8. The van der Waals surface area contributed by atoms with Gasteiger partial charge in [-0.25, -0.2) is 15.4 Å². The second-order valence-corrected chi connectivity index (χ2v) is 7.96. The highest BCUT2D eigenvalue weighted by Crippen LogP contribution is 2.42. The summed E-state index contributed by atoms with van der Waals surface area (Å²) < 4.78 is 58.5. The van der Waals surface area contributed by atoms with Crippen molar-refractivity contribution < 1.29 is 31.9 Å². The summed E-state index contributed by atoms with van der Waals surface area (Å²) in [6.07, 6.45) is -5.61. The molecule has 0 bridgehead atoms. The molecular formula is C23H21F3N4O4. The number of nitrogens with one attached hydrogen (secondary N) is 2. The fraction of sp³-hybridized carbons (Fsp3) is 0.304. The van der Waals surface area contributed by atoms with Crippen molar-refractivity contribution in [3.05, 3.63) is 65.7 Å². The van der Waals surface area contributed by atoms with Crippen LogP contribution < -0.4 is 15.5 Å². The van der Waals surface area contributed by atoms with Gasteiger partial charge in [-0.1, -0.05) is 36.4 Å². The van der Waals surface area contributed by atoms with E-state index in [0.29, 0.717) is 22.4 Å². The number of hydrazine groups is 1. The van der Waals surface area contributed by atoms with Crippen LogP contribution in [0, 0.1) is 0 Å². The Hall–Kier alpha value is -3.57. The van der Waals surface area contributed by atoms with Gasteiger partial charge in [0.2, 0.25) is 5.89 Å². The van der Waals surface area contributed by atoms with Crippen LogP contribution in [0.3, 0.4) is 0 Å². The highest BCUT2D eigenvalue weighted by atomic mass is 19.4. The molecule has 11 heteroatoms. The number of para-hydroxylation sites is 1. The minimum absolute atomic E-state index is 0.0153. The van der Waals surface area contributed by atoms with Gasteiger partial charge in [-0.3, -0.25) is 4.79 Å². The second kappa shape index (κ2) is 8.33. The van der Waals surface area contributed by atoms with Crippen LogP contribution in [0.25, 0.3) is 16.7 Å². The second-order valence-electron chi connectivity index (χ2n) is 7.96. The van der Waals surface area contributed by atoms with E-state index in [1.807, 2.05) is 0 Å². The first-order valence-electron chi connectivity index (χ1n) is 10.5. The molecule has 0 aliphatic carbocycles. The molecule has 0 radical (unpaired) electrons. The molecule has 1 amide bonds. The molecule has 1 fully saturated rings. The zero-order valence-corrected chi connectivity index (χ0v) is 18.2. The van der Waals surface area contributed by atoms with Crippen molar-refractivity contribution >= 4 is 22.6 Å². The molecule has 3 atom stereocenters. The van der Waals surface area contributed by atoms with Crippen molar-refractivity contribution in [1.29, 1.82) is 0 Å². The van der Waals surface area contributed by atoms with Crippen LogP contribution in [-0.2, 0) is 9.53 Å². The largest absolute Gasteiger partial charge is 0.494 e. The van der Waals surface area contributed by atoms with E-state index >= 15 is 0 Å². The van der Waals surface area contributed by atoms with Crippen LogP contribution >= 0.6 is 0 Å². The van der Waals surface area contributed by atoms with Gasteiger partial charge < -0.3 is 19.2 Å². The van der Waals surface area contributed by atoms with Crippen LogP contribution in [0.15, 0.2) is 58.6 Å². The van der Waals surface area contributed by atoms with Crippen molar-refractivity contribution in [3.63, 3.8) is 0 Å². The van der Waals surface area contributed by atoms with Gasteiger partial charge in [0.15, 0.2) is 11.1 Å². The Morgan fingerprint density at radius 1 is 1.12 bits per heavy atom. The van der Waals surface area contributed by atoms with Crippen LogP contribution in [0.4, 0.5) is 13.2 Å². The minimum Gasteiger partial charge on any atom is -0.494 e. The van der Waals surface area contributed by atoms with Crippen molar-refractivity contribution in [2.24, 2.45) is 0 Å². The molecular weight excluding hydrogens is 453 g/mol. The van der Waals surface area contributed by atoms with Gasteiger partial charge in [0.1, 0.15) is 23.5 Å². The number of hydrogen-bond acceptors (Lipinski definition) is 7. The Balaban J connectivity index is 1.62. The third-order valence-corrected chi connectivity index (χ3v) is 5.95. The first kappa shape index (κ1) is 22.2. The van der Waals surface area contributed by atoms with Crippen LogP contribution in [-0.4, -0.2) is 55.1 Å². The van der Waals surface area contributed by atoms with Gasteiger partial charge in [-0.15, -0.1) is 0 Å². The van der Waals surface area contributed by atoms with E-state index in [1.165, 1.54) is 14.2 Å². The number of methoxy groups -OCH3 is 2. The quantitative estimate of drug-likeness (QED) is 0.587. The maximum atomic E-state index is 14.0. The molecule has 8 nitrogen and oxygen atoms in total. The first-order chi connectivity index (χ1) is 16.3. The summed E-state index contributed by atoms with van der Waals surface area (Å²) in [5, 5.41) is 4.05. The molecule has 2 N–H and O–H groups in total. The molecule has 2 aliphatic heterocycles. The van der Waals surface area contributed by atoms with E-state index < -0.39 is 30.2 Å². The lowest BCUT2D eigenvalue weighted by atomic mass is 9.89. The molecule has 2 aliphatic rings. The molecule has 3 aromatic rings. The lowest BCUT2D eigenvalue weighted by molar-refractivity contribution is -0.161. The smallest absolute Gasteiger partial charge is 0.406 e. The Bertz CT molecular complexity index is 1260. The van der Waals surface area contributed by atoms with E-state index in [0.717, 1.165) is 5.01 Å². The lowest BCUT2D eigenvalue weighted by Gasteiger charge is -2.35. The fourth-order valence-electron chi connectivity index (χ4n) is 4.49. The van der Waals surface area contributed by atoms with Gasteiger partial charge in [0.05, 0.1) is 25.3 Å². The lowest BCUT2D eigenvalue weighted by Crippen LogP contribution is -2.55. The topological polar surface area (TPSA) is 88.9 Å². The summed E-state index contributed by atoms with van der Waals surface area (Å²) in [7, 11) is 2.91. The molecule has 1 saturated heterocycles. The Labute approximate surface area is 192 Å². The van der Waals surface area contributed by atoms with Crippen LogP contribution in [0.1, 0.15) is 17.4 Å². The SMILES string of the molecule is COCC1=C(c2nc3c(OC)cccc3o2)C(=O)N2NC(C(F)(F)F)C(c3ccccc3)C2N1. The maximum absolute atomic E-state index is 14.0. The number of rotatable bonds is 5. The number of halogens is 3. The van der Waals surface area contributed by atoms with Crippen molar-refractivity contribution in [2.45, 2.75) is 24.3 Å². The summed E-state index contributed by atoms with van der Waals surface area (Å²) in [5.41, 5.74) is 3.85. The Morgan fingerprint density at radius 2 is 1.88 bits per heavy atom. The Morgan fingerprint density at radius 3 is 2.56 bits per heavy atom. The maximum Gasteiger partial charge on any atom is 0.406 e. The number of fused-ring (bicyclic) bond motifs is 2. The summed E-state index contributed by atoms with van der Waals surface area (Å²) in [6, 6.07) is 11.4. The number of nitrogens with zero attached hydrogens (tertiary/aromatic N) is 2. The summed E-state index contributed by atoms with van der Waals surface area (Å²) >= 11 is 0. The van der Waals surface area contributed by atoms with E-state index in [4.69, 9.17) is 13.9 Å². The molecule has 3 heterocycles. The number of alkyl halides is 3. The molecule has 0 spiro atoms. The average Bonchev–Trinajstić information content (AvgIpc) is 3.41. The van der Waals surface area contributed by atoms with Crippen molar-refractivity contribution in [3.8, 4) is 5.75 Å². The number of hydrogen-bond donors (Lipinski definition) is 2. The number of carbonyl (C=O) groups is 1. The summed E-state index contributed by atoms with van der Waals surface area (Å²) in [6.45, 7) is -0.0561. The molecule has 1 aromatic heterocycles. The van der Waals surface area contributed by atoms with E-state index in [1.54, 1.807) is 48.5 Å². The summed E-state index contributed by atoms with van der Waals surface area (Å²) in [5.74, 6) is -1.40. The molecule has 0 saturated carbocycles. The molecule has 178 valence electrons. The van der Waals surface area contributed by atoms with E-state index in [9.17, 15) is 18.0 Å². The van der Waals surface area contributed by atoms with Crippen LogP contribution in [0.2, 0.25) is 0 Å². The van der Waals surface area contributed by atoms with Gasteiger partial charge in [0.25, 0.3) is 5.91 Å². The first-order valence-corrected chi connectivity index (χ1v) is 10.5. The zero-order valence-electron chi connectivity index (χ0n) is 18.2. The number of amides is 1. The standard InChI is InChI=1S/C23H21F3N4O4/c1-32-11-13-17(21-28-18-14(33-2)9-6-10-15(18)34-21)22(31)30-20(27-13)16(12-7-4-3-5-8-12)19(29-30)23(24,25)26/h3-10,16,19-20,27,29H,11H2,1-2H3. The van der Waals surface area contributed by atoms with Crippen LogP contribution in [0.5, 0.6) is 5.75 Å². The van der Waals surface area contributed by atoms with Gasteiger partial charge in [-0.05, 0) is 17.7 Å². The van der Waals surface area contributed by atoms with Crippen molar-refractivity contribution in [1.82, 2.24) is 20.7 Å². The number of oxazole rings is 1. The van der Waals surface area contributed by atoms with Crippen molar-refractivity contribution in [2.75, 3.05) is 20.8 Å². The summed E-state index contributed by atoms with van der Waals surface area (Å²) in [4.78, 5) is 18.0. The highest BCUT2D eigenvalue weighted by molar-refractivity contribution is 6.20. The van der Waals surface area contributed by atoms with Gasteiger partial charge in [-0.2, -0.15) is 13.2 Å². The predicted octanol–water partition coefficient (Wildman–Crippen LogP) is 3.18. The average molecular weight is 474 g/mol. The molecule has 5 rings (SSSR count). The fourth-order valence-corrected chi connectivity index (χ4v) is 4.49. The monoisotopic (exact) mass is 474 g/mol. The number of benzene rings is 2. The Kier molecular flexibility index (Phi) is 5.45. The number of carbonyl (C=O) groups excluding carboxylic acids is 1. The molecule has 3 unspecified atom stereocenters. The number of aromatic nitrogens is 1. The number of ether oxygens (including phenoxy) is 2. The van der Waals surface area contributed by atoms with Gasteiger partial charge in [0, 0.05) is 7.11 Å². The predicted molar refractivity (Wildman–Crippen MR) is 115 cm³/mol.